The van der Waals surface area contributed by atoms with Gasteiger partial charge in [-0.2, -0.15) is 0 Å². The first-order valence-corrected chi connectivity index (χ1v) is 31.6. The van der Waals surface area contributed by atoms with Crippen LogP contribution in [0.15, 0.2) is 85.1 Å². The monoisotopic (exact) mass is 1030 g/mol. The molecule has 0 aromatic heterocycles. The van der Waals surface area contributed by atoms with Gasteiger partial charge in [0.05, 0.1) is 0 Å². The van der Waals surface area contributed by atoms with E-state index in [0.717, 1.165) is 116 Å². The van der Waals surface area contributed by atoms with Crippen LogP contribution in [0.4, 0.5) is 0 Å². The van der Waals surface area contributed by atoms with Gasteiger partial charge in [-0.15, -0.1) is 0 Å². The molecule has 0 saturated carbocycles. The Morgan fingerprint density at radius 3 is 0.838 bits per heavy atom. The van der Waals surface area contributed by atoms with Crippen LogP contribution in [-0.2, 0) is 28.6 Å². The van der Waals surface area contributed by atoms with Crippen molar-refractivity contribution in [3.8, 4) is 0 Å². The first kappa shape index (κ1) is 70.6. The molecule has 6 nitrogen and oxygen atoms in total. The summed E-state index contributed by atoms with van der Waals surface area (Å²) in [5, 5.41) is 0. The summed E-state index contributed by atoms with van der Waals surface area (Å²) in [4.78, 5) is 38.2. The average molecular weight is 1030 g/mol. The van der Waals surface area contributed by atoms with Crippen LogP contribution in [0.1, 0.15) is 310 Å². The molecule has 0 aromatic rings. The molecule has 0 radical (unpaired) electrons. The first-order valence-electron chi connectivity index (χ1n) is 31.6. The molecule has 0 saturated heterocycles. The Kier molecular flexibility index (Phi) is 59.3. The molecular weight excluding hydrogens is 913 g/mol. The largest absolute Gasteiger partial charge is 0.462 e. The van der Waals surface area contributed by atoms with Gasteiger partial charge < -0.3 is 14.2 Å². The molecule has 0 heterocycles. The molecule has 0 aromatic carbocycles. The van der Waals surface area contributed by atoms with E-state index in [2.05, 4.69) is 106 Å². The molecule has 0 amide bonds. The second kappa shape index (κ2) is 62.1. The zero-order chi connectivity index (χ0) is 53.6. The van der Waals surface area contributed by atoms with Crippen molar-refractivity contribution in [2.45, 2.75) is 316 Å². The fourth-order valence-electron chi connectivity index (χ4n) is 8.87. The number of rotatable bonds is 57. The highest BCUT2D eigenvalue weighted by Gasteiger charge is 2.19. The van der Waals surface area contributed by atoms with Gasteiger partial charge in [0.1, 0.15) is 13.2 Å². The molecule has 426 valence electrons. The molecule has 6 heteroatoms. The molecule has 0 N–H and O–H groups in total. The molecule has 0 fully saturated rings. The van der Waals surface area contributed by atoms with Crippen molar-refractivity contribution in [1.29, 1.82) is 0 Å². The van der Waals surface area contributed by atoms with E-state index in [9.17, 15) is 14.4 Å². The number of allylic oxidation sites excluding steroid dienone is 14. The average Bonchev–Trinajstić information content (AvgIpc) is 3.40. The van der Waals surface area contributed by atoms with Crippen molar-refractivity contribution in [2.75, 3.05) is 13.2 Å². The number of carbonyl (C=O) groups excluding carboxylic acids is 3. The van der Waals surface area contributed by atoms with Crippen LogP contribution in [-0.4, -0.2) is 37.2 Å². The Hall–Kier alpha value is -3.41. The molecule has 0 bridgehead atoms. The molecule has 74 heavy (non-hydrogen) atoms. The van der Waals surface area contributed by atoms with E-state index in [1.165, 1.54) is 154 Å². The summed E-state index contributed by atoms with van der Waals surface area (Å²) in [6.45, 7) is 6.50. The number of esters is 3. The minimum Gasteiger partial charge on any atom is -0.462 e. The molecule has 0 aliphatic heterocycles. The van der Waals surface area contributed by atoms with Crippen molar-refractivity contribution in [1.82, 2.24) is 0 Å². The molecule has 1 atom stereocenters. The van der Waals surface area contributed by atoms with Gasteiger partial charge in [-0.25, -0.2) is 0 Å². The van der Waals surface area contributed by atoms with Crippen molar-refractivity contribution in [3.63, 3.8) is 0 Å². The highest BCUT2D eigenvalue weighted by Crippen LogP contribution is 2.16. The number of ether oxygens (including phenoxy) is 3. The van der Waals surface area contributed by atoms with Gasteiger partial charge in [0, 0.05) is 19.3 Å². The lowest BCUT2D eigenvalue weighted by Crippen LogP contribution is -2.30. The summed E-state index contributed by atoms with van der Waals surface area (Å²) in [5.74, 6) is -0.896. The maximum atomic E-state index is 12.9. The zero-order valence-corrected chi connectivity index (χ0v) is 48.8. The molecule has 0 aliphatic rings. The van der Waals surface area contributed by atoms with E-state index in [4.69, 9.17) is 14.2 Å². The zero-order valence-electron chi connectivity index (χ0n) is 48.8. The standard InChI is InChI=1S/C68H118O6/c1-4-7-10-13-16-19-22-25-27-29-30-31-32-33-34-35-36-37-38-39-41-43-46-49-52-55-58-61-67(70)73-64-65(63-72-66(69)60-57-54-51-48-45-42-24-21-18-15-12-9-6-3)74-68(71)62-59-56-53-50-47-44-40-28-26-23-20-17-14-11-8-5-2/h7,10,16,19-21,23-25,27-28,30-31,40,65H,4-6,8-9,11-15,17-18,22,26,29,32-39,41-64H2,1-3H3/b10-7-,19-16-,23-20-,24-21-,27-25-,31-30-,40-28-. The second-order valence-electron chi connectivity index (χ2n) is 20.9. The van der Waals surface area contributed by atoms with Crippen LogP contribution in [0.25, 0.3) is 0 Å². The van der Waals surface area contributed by atoms with Gasteiger partial charge in [-0.3, -0.25) is 14.4 Å². The summed E-state index contributed by atoms with van der Waals surface area (Å²) in [5.41, 5.74) is 0. The summed E-state index contributed by atoms with van der Waals surface area (Å²) in [6.07, 6.45) is 81.6. The summed E-state index contributed by atoms with van der Waals surface area (Å²) < 4.78 is 16.9. The van der Waals surface area contributed by atoms with Crippen molar-refractivity contribution in [3.05, 3.63) is 85.1 Å². The van der Waals surface area contributed by atoms with Crippen molar-refractivity contribution >= 4 is 17.9 Å². The second-order valence-corrected chi connectivity index (χ2v) is 20.9. The SMILES string of the molecule is CC/C=C\C/C=C\C/C=C\C/C=C\CCCCCCCCCCCCCCCCC(=O)OCC(COC(=O)CCCCCCC/C=C\CCCCCC)OC(=O)CCCCCCC/C=C\C/C=C\CCCCCC. The molecule has 0 rings (SSSR count). The third kappa shape index (κ3) is 59.5. The molecular formula is C68H118O6. The van der Waals surface area contributed by atoms with Gasteiger partial charge >= 0.3 is 17.9 Å². The predicted octanol–water partition coefficient (Wildman–Crippen LogP) is 21.5. The van der Waals surface area contributed by atoms with Crippen LogP contribution in [0.5, 0.6) is 0 Å². The number of carbonyl (C=O) groups is 3. The van der Waals surface area contributed by atoms with E-state index in [-0.39, 0.29) is 31.1 Å². The van der Waals surface area contributed by atoms with E-state index >= 15 is 0 Å². The summed E-state index contributed by atoms with van der Waals surface area (Å²) in [6, 6.07) is 0. The van der Waals surface area contributed by atoms with E-state index < -0.39 is 6.10 Å². The summed E-state index contributed by atoms with van der Waals surface area (Å²) in [7, 11) is 0. The van der Waals surface area contributed by atoms with E-state index in [1.54, 1.807) is 0 Å². The van der Waals surface area contributed by atoms with Crippen molar-refractivity contribution in [2.24, 2.45) is 0 Å². The van der Waals surface area contributed by atoms with Crippen LogP contribution >= 0.6 is 0 Å². The third-order valence-electron chi connectivity index (χ3n) is 13.6. The first-order chi connectivity index (χ1) is 36.5. The minimum atomic E-state index is -0.787. The smallest absolute Gasteiger partial charge is 0.306 e. The molecule has 0 aliphatic carbocycles. The number of unbranched alkanes of at least 4 members (excludes halogenated alkanes) is 32. The third-order valence-corrected chi connectivity index (χ3v) is 13.6. The van der Waals surface area contributed by atoms with E-state index in [1.807, 2.05) is 0 Å². The van der Waals surface area contributed by atoms with Crippen molar-refractivity contribution < 1.29 is 28.6 Å². The normalized spacial score (nSPS) is 12.6. The Morgan fingerprint density at radius 1 is 0.284 bits per heavy atom. The van der Waals surface area contributed by atoms with Crippen LogP contribution in [0, 0.1) is 0 Å². The highest BCUT2D eigenvalue weighted by molar-refractivity contribution is 5.71. The molecule has 0 spiro atoms. The summed E-state index contributed by atoms with van der Waals surface area (Å²) >= 11 is 0. The lowest BCUT2D eigenvalue weighted by Gasteiger charge is -2.18. The van der Waals surface area contributed by atoms with Crippen LogP contribution < -0.4 is 0 Å². The van der Waals surface area contributed by atoms with Gasteiger partial charge in [-0.05, 0) is 116 Å². The minimum absolute atomic E-state index is 0.0833. The Bertz CT molecular complexity index is 1420. The Labute approximate surface area is 458 Å². The van der Waals surface area contributed by atoms with Gasteiger partial charge in [0.25, 0.3) is 0 Å². The lowest BCUT2D eigenvalue weighted by molar-refractivity contribution is -0.167. The fraction of sp³-hybridized carbons (Fsp3) is 0.750. The van der Waals surface area contributed by atoms with Crippen LogP contribution in [0.3, 0.4) is 0 Å². The number of hydrogen-bond donors (Lipinski definition) is 0. The lowest BCUT2D eigenvalue weighted by atomic mass is 10.0. The van der Waals surface area contributed by atoms with Crippen LogP contribution in [0.2, 0.25) is 0 Å². The topological polar surface area (TPSA) is 78.9 Å². The maximum absolute atomic E-state index is 12.9. The quantitative estimate of drug-likeness (QED) is 0.0261. The van der Waals surface area contributed by atoms with E-state index in [0.29, 0.717) is 19.3 Å². The fourth-order valence-corrected chi connectivity index (χ4v) is 8.87. The van der Waals surface area contributed by atoms with Gasteiger partial charge in [0.2, 0.25) is 0 Å². The van der Waals surface area contributed by atoms with Gasteiger partial charge in [-0.1, -0.05) is 260 Å². The molecule has 1 unspecified atom stereocenters. The predicted molar refractivity (Wildman–Crippen MR) is 321 cm³/mol. The Balaban J connectivity index is 4.27. The number of hydrogen-bond acceptors (Lipinski definition) is 6. The maximum Gasteiger partial charge on any atom is 0.306 e. The Morgan fingerprint density at radius 2 is 0.527 bits per heavy atom. The van der Waals surface area contributed by atoms with Gasteiger partial charge in [0.15, 0.2) is 6.10 Å². The highest BCUT2D eigenvalue weighted by atomic mass is 16.6.